The van der Waals surface area contributed by atoms with Crippen molar-refractivity contribution in [2.45, 2.75) is 64.8 Å². The van der Waals surface area contributed by atoms with Crippen LogP contribution >= 0.6 is 24.8 Å². The lowest BCUT2D eigenvalue weighted by molar-refractivity contribution is -0.136. The number of aromatic nitrogens is 2. The molecule has 6 rings (SSSR count). The maximum Gasteiger partial charge on any atom is 0.307 e. The molecule has 0 aliphatic carbocycles. The van der Waals surface area contributed by atoms with Crippen molar-refractivity contribution in [3.8, 4) is 28.5 Å². The summed E-state index contributed by atoms with van der Waals surface area (Å²) in [6.07, 6.45) is 5.44. The maximum atomic E-state index is 10.5. The lowest BCUT2D eigenvalue weighted by Crippen LogP contribution is -2.35. The molecule has 0 atom stereocenters. The van der Waals surface area contributed by atoms with Gasteiger partial charge in [0.25, 0.3) is 0 Å². The number of aliphatic carboxylic acids is 1. The number of ether oxygens (including phenoxy) is 3. The highest BCUT2D eigenvalue weighted by Gasteiger charge is 2.20. The van der Waals surface area contributed by atoms with Crippen LogP contribution in [0.5, 0.6) is 17.4 Å². The minimum atomic E-state index is -0.826. The molecule has 4 aromatic carbocycles. The summed E-state index contributed by atoms with van der Waals surface area (Å²) < 4.78 is 17.8. The Bertz CT molecular complexity index is 1740. The largest absolute Gasteiger partial charge is 0.489 e. The number of piperidine rings is 1. The third-order valence-corrected chi connectivity index (χ3v) is 8.51. The normalized spacial score (nSPS) is 12.7. The van der Waals surface area contributed by atoms with E-state index in [9.17, 15) is 4.79 Å². The van der Waals surface area contributed by atoms with E-state index in [1.54, 1.807) is 24.3 Å². The molecule has 2 heterocycles. The number of nitrogens with zero attached hydrogens (tertiary/aromatic N) is 3. The zero-order valence-electron chi connectivity index (χ0n) is 29.9. The zero-order chi connectivity index (χ0) is 35.0. The van der Waals surface area contributed by atoms with E-state index in [1.807, 2.05) is 60.7 Å². The van der Waals surface area contributed by atoms with Crippen LogP contribution in [0.25, 0.3) is 11.1 Å². The van der Waals surface area contributed by atoms with Gasteiger partial charge in [0.15, 0.2) is 0 Å². The number of benzene rings is 4. The van der Waals surface area contributed by atoms with Gasteiger partial charge in [-0.25, -0.2) is 0 Å². The molecule has 1 fully saturated rings. The molecule has 1 N–H and O–H groups in total. The summed E-state index contributed by atoms with van der Waals surface area (Å²) in [6, 6.07) is 37.6. The van der Waals surface area contributed by atoms with Crippen molar-refractivity contribution in [3.05, 3.63) is 138 Å². The van der Waals surface area contributed by atoms with E-state index in [2.05, 4.69) is 59.4 Å². The van der Waals surface area contributed by atoms with Crippen molar-refractivity contribution in [1.29, 1.82) is 0 Å². The quantitative estimate of drug-likeness (QED) is 0.120. The Balaban J connectivity index is 0.000000312. The van der Waals surface area contributed by atoms with Crippen molar-refractivity contribution in [2.75, 3.05) is 20.1 Å². The van der Waals surface area contributed by atoms with Crippen molar-refractivity contribution in [3.63, 3.8) is 0 Å². The molecule has 0 spiro atoms. The van der Waals surface area contributed by atoms with Gasteiger partial charge in [0, 0.05) is 24.7 Å². The van der Waals surface area contributed by atoms with Crippen molar-refractivity contribution < 1.29 is 24.1 Å². The average Bonchev–Trinajstić information content (AvgIpc) is 3.15. The third kappa shape index (κ3) is 13.8. The van der Waals surface area contributed by atoms with Gasteiger partial charge < -0.3 is 24.2 Å². The number of carboxylic acids is 1. The van der Waals surface area contributed by atoms with Crippen LogP contribution in [-0.4, -0.2) is 52.4 Å². The summed E-state index contributed by atoms with van der Waals surface area (Å²) in [7, 11) is 2.16. The minimum Gasteiger partial charge on any atom is -0.489 e. The zero-order valence-corrected chi connectivity index (χ0v) is 31.5. The number of aryl methyl sites for hydroxylation is 1. The molecule has 0 bridgehead atoms. The fraction of sp³-hybridized carbons (Fsp3) is 0.310. The Labute approximate surface area is 320 Å². The smallest absolute Gasteiger partial charge is 0.307 e. The fourth-order valence-corrected chi connectivity index (χ4v) is 5.60. The SMILES string of the molecule is CCCCc1nnc(OC2CCN(C)CC2)cc1-c1ccc(OCc2ccccc2)cc1.Cl.Cl.O=C(O)Cc1ccc(OCc2ccccc2)cc1. The van der Waals surface area contributed by atoms with Crippen molar-refractivity contribution >= 4 is 30.8 Å². The number of carbonyl (C=O) groups is 1. The monoisotopic (exact) mass is 745 g/mol. The summed E-state index contributed by atoms with van der Waals surface area (Å²) in [5.74, 6) is 1.40. The van der Waals surface area contributed by atoms with Gasteiger partial charge in [-0.1, -0.05) is 98.3 Å². The maximum absolute atomic E-state index is 10.5. The molecule has 10 heteroatoms. The third-order valence-electron chi connectivity index (χ3n) is 8.51. The van der Waals surface area contributed by atoms with E-state index in [1.165, 1.54) is 0 Å². The Morgan fingerprint density at radius 3 is 1.81 bits per heavy atom. The first-order chi connectivity index (χ1) is 24.4. The Morgan fingerprint density at radius 2 is 1.29 bits per heavy atom. The summed E-state index contributed by atoms with van der Waals surface area (Å²) in [5.41, 5.74) is 6.28. The van der Waals surface area contributed by atoms with Crippen LogP contribution in [0, 0.1) is 0 Å². The number of unbranched alkanes of at least 4 members (excludes halogenated alkanes) is 1. The highest BCUT2D eigenvalue weighted by Crippen LogP contribution is 2.29. The van der Waals surface area contributed by atoms with Gasteiger partial charge in [-0.05, 0) is 79.3 Å². The molecule has 0 amide bonds. The van der Waals surface area contributed by atoms with Crippen molar-refractivity contribution in [2.24, 2.45) is 0 Å². The van der Waals surface area contributed by atoms with E-state index >= 15 is 0 Å². The Hall–Kier alpha value is -4.63. The molecule has 5 aromatic rings. The number of halogens is 2. The lowest BCUT2D eigenvalue weighted by atomic mass is 10.0. The predicted octanol–water partition coefficient (Wildman–Crippen LogP) is 9.27. The van der Waals surface area contributed by atoms with Gasteiger partial charge in [0.2, 0.25) is 5.88 Å². The molecule has 0 radical (unpaired) electrons. The first kappa shape index (κ1) is 41.8. The van der Waals surface area contributed by atoms with E-state index in [4.69, 9.17) is 19.3 Å². The number of hydrogen-bond donors (Lipinski definition) is 1. The molecule has 1 saturated heterocycles. The number of likely N-dealkylation sites (tertiary alicyclic amines) is 1. The predicted molar refractivity (Wildman–Crippen MR) is 211 cm³/mol. The molecule has 276 valence electrons. The molecule has 8 nitrogen and oxygen atoms in total. The average molecular weight is 747 g/mol. The highest BCUT2D eigenvalue weighted by molar-refractivity contribution is 5.85. The second kappa shape index (κ2) is 22.3. The minimum absolute atomic E-state index is 0. The second-order valence-electron chi connectivity index (χ2n) is 12.6. The van der Waals surface area contributed by atoms with E-state index in [0.29, 0.717) is 19.1 Å². The van der Waals surface area contributed by atoms with E-state index in [-0.39, 0.29) is 37.3 Å². The number of hydrogen-bond acceptors (Lipinski definition) is 7. The van der Waals surface area contributed by atoms with Crippen LogP contribution in [0.2, 0.25) is 0 Å². The van der Waals surface area contributed by atoms with Crippen LogP contribution in [0.15, 0.2) is 115 Å². The lowest BCUT2D eigenvalue weighted by Gasteiger charge is -2.28. The van der Waals surface area contributed by atoms with Crippen LogP contribution < -0.4 is 14.2 Å². The number of rotatable bonds is 14. The van der Waals surface area contributed by atoms with Gasteiger partial charge in [0.05, 0.1) is 12.1 Å². The second-order valence-corrected chi connectivity index (χ2v) is 12.6. The summed E-state index contributed by atoms with van der Waals surface area (Å²) in [6.45, 7) is 5.39. The Kier molecular flexibility index (Phi) is 18.0. The number of carboxylic acid groups (broad SMARTS) is 1. The standard InChI is InChI=1S/C27H33N3O2.C15H14O3.2ClH/c1-3-4-10-26-25(19-27(29-28-26)32-24-15-17-30(2)18-16-24)22-11-13-23(14-12-22)31-20-21-8-6-5-7-9-21;16-15(17)10-12-6-8-14(9-7-12)18-11-13-4-2-1-3-5-13;;/h5-9,11-14,19,24H,3-4,10,15-18,20H2,1-2H3;1-9H,10-11H2,(H,16,17);2*1H. The highest BCUT2D eigenvalue weighted by atomic mass is 35.5. The molecule has 52 heavy (non-hydrogen) atoms. The van der Waals surface area contributed by atoms with Gasteiger partial charge >= 0.3 is 5.97 Å². The molecule has 0 saturated carbocycles. The van der Waals surface area contributed by atoms with Crippen LogP contribution in [-0.2, 0) is 30.8 Å². The molecule has 0 unspecified atom stereocenters. The summed E-state index contributed by atoms with van der Waals surface area (Å²) in [5, 5.41) is 17.6. The van der Waals surface area contributed by atoms with Gasteiger partial charge in [0.1, 0.15) is 30.8 Å². The van der Waals surface area contributed by atoms with Crippen LogP contribution in [0.3, 0.4) is 0 Å². The van der Waals surface area contributed by atoms with Crippen LogP contribution in [0.4, 0.5) is 0 Å². The first-order valence-corrected chi connectivity index (χ1v) is 17.4. The van der Waals surface area contributed by atoms with Crippen LogP contribution in [0.1, 0.15) is 55.0 Å². The Morgan fingerprint density at radius 1 is 0.750 bits per heavy atom. The molecule has 1 aromatic heterocycles. The first-order valence-electron chi connectivity index (χ1n) is 17.4. The topological polar surface area (TPSA) is 94.0 Å². The van der Waals surface area contributed by atoms with Gasteiger partial charge in [-0.3, -0.25) is 4.79 Å². The summed E-state index contributed by atoms with van der Waals surface area (Å²) in [4.78, 5) is 12.9. The van der Waals surface area contributed by atoms with Gasteiger partial charge in [-0.2, -0.15) is 5.10 Å². The van der Waals surface area contributed by atoms with E-state index < -0.39 is 5.97 Å². The summed E-state index contributed by atoms with van der Waals surface area (Å²) >= 11 is 0. The van der Waals surface area contributed by atoms with Gasteiger partial charge in [-0.15, -0.1) is 29.9 Å². The van der Waals surface area contributed by atoms with E-state index in [0.717, 1.165) is 90.2 Å². The fourth-order valence-electron chi connectivity index (χ4n) is 5.60. The van der Waals surface area contributed by atoms with Crippen molar-refractivity contribution in [1.82, 2.24) is 15.1 Å². The molecular formula is C42H49Cl2N3O5. The molecule has 1 aliphatic heterocycles. The molecular weight excluding hydrogens is 697 g/mol. The molecule has 1 aliphatic rings.